The van der Waals surface area contributed by atoms with E-state index in [9.17, 15) is 0 Å². The molecule has 0 amide bonds. The van der Waals surface area contributed by atoms with Crippen LogP contribution in [0.25, 0.3) is 0 Å². The number of nitrogens with one attached hydrogen (secondary N) is 1. The van der Waals surface area contributed by atoms with E-state index in [0.29, 0.717) is 0 Å². The Bertz CT molecular complexity index is 531. The van der Waals surface area contributed by atoms with E-state index in [1.54, 1.807) is 0 Å². The third-order valence-corrected chi connectivity index (χ3v) is 4.62. The monoisotopic (exact) mass is 416 g/mol. The van der Waals surface area contributed by atoms with Gasteiger partial charge in [0.25, 0.3) is 0 Å². The summed E-state index contributed by atoms with van der Waals surface area (Å²) in [5.74, 6) is 5.70. The highest BCUT2D eigenvalue weighted by atomic mass is 127. The summed E-state index contributed by atoms with van der Waals surface area (Å²) < 4.78 is 2.35. The van der Waals surface area contributed by atoms with Crippen LogP contribution >= 0.6 is 38.5 Å². The van der Waals surface area contributed by atoms with Crippen molar-refractivity contribution < 1.29 is 0 Å². The van der Waals surface area contributed by atoms with E-state index in [1.807, 2.05) is 24.3 Å². The van der Waals surface area contributed by atoms with Gasteiger partial charge < -0.3 is 0 Å². The van der Waals surface area contributed by atoms with Crippen molar-refractivity contribution >= 4 is 38.5 Å². The lowest BCUT2D eigenvalue weighted by Crippen LogP contribution is -2.30. The van der Waals surface area contributed by atoms with Crippen molar-refractivity contribution in [2.24, 2.45) is 5.84 Å². The highest BCUT2D eigenvalue weighted by molar-refractivity contribution is 14.1. The zero-order valence-corrected chi connectivity index (χ0v) is 13.5. The number of hydrazine groups is 1. The first kappa shape index (κ1) is 14.0. The first-order valence-electron chi connectivity index (χ1n) is 5.66. The second-order valence-corrected chi connectivity index (χ2v) is 6.05. The highest BCUT2D eigenvalue weighted by Crippen LogP contribution is 2.26. The molecule has 1 unspecified atom stereocenters. The van der Waals surface area contributed by atoms with Crippen molar-refractivity contribution in [1.82, 2.24) is 5.43 Å². The van der Waals surface area contributed by atoms with Crippen LogP contribution in [0.1, 0.15) is 17.2 Å². The van der Waals surface area contributed by atoms with E-state index in [0.717, 1.165) is 10.9 Å². The molecule has 2 nitrogen and oxygen atoms in total. The van der Waals surface area contributed by atoms with Gasteiger partial charge in [-0.05, 0) is 52.3 Å². The average Bonchev–Trinajstić information content (AvgIpc) is 2.39. The lowest BCUT2D eigenvalue weighted by atomic mass is 9.99. The minimum Gasteiger partial charge on any atom is -0.271 e. The molecule has 0 aliphatic carbocycles. The van der Waals surface area contributed by atoms with E-state index in [4.69, 9.17) is 5.84 Å². The van der Waals surface area contributed by atoms with E-state index < -0.39 is 0 Å². The molecule has 0 saturated heterocycles. The summed E-state index contributed by atoms with van der Waals surface area (Å²) >= 11 is 5.92. The predicted molar refractivity (Wildman–Crippen MR) is 87.1 cm³/mol. The molecule has 0 saturated carbocycles. The van der Waals surface area contributed by atoms with Crippen LogP contribution in [0.15, 0.2) is 53.0 Å². The zero-order chi connectivity index (χ0) is 13.0. The molecule has 94 valence electrons. The maximum Gasteiger partial charge on any atom is 0.0511 e. The van der Waals surface area contributed by atoms with Crippen LogP contribution in [-0.4, -0.2) is 0 Å². The fourth-order valence-corrected chi connectivity index (χ4v) is 3.11. The maximum absolute atomic E-state index is 5.70. The Balaban J connectivity index is 2.26. The summed E-state index contributed by atoms with van der Waals surface area (Å²) in [4.78, 5) is 0. The topological polar surface area (TPSA) is 38.0 Å². The molecule has 0 bridgehead atoms. The third kappa shape index (κ3) is 3.32. The number of halogens is 2. The second-order valence-electron chi connectivity index (χ2n) is 4.04. The van der Waals surface area contributed by atoms with Crippen molar-refractivity contribution in [3.05, 3.63) is 67.7 Å². The molecule has 0 spiro atoms. The van der Waals surface area contributed by atoms with Gasteiger partial charge in [-0.1, -0.05) is 52.3 Å². The predicted octanol–water partition coefficient (Wildman–Crippen LogP) is 3.80. The molecule has 0 aromatic heterocycles. The van der Waals surface area contributed by atoms with Crippen molar-refractivity contribution in [1.29, 1.82) is 0 Å². The standard InChI is InChI=1S/C14H14BrIN2/c15-12-7-3-1-5-10(12)9-14(18-17)11-6-2-4-8-13(11)16/h1-8,14,18H,9,17H2. The number of hydrogen-bond acceptors (Lipinski definition) is 2. The van der Waals surface area contributed by atoms with Gasteiger partial charge in [-0.25, -0.2) is 0 Å². The molecule has 0 aliphatic rings. The van der Waals surface area contributed by atoms with E-state index >= 15 is 0 Å². The van der Waals surface area contributed by atoms with Gasteiger partial charge in [-0.15, -0.1) is 0 Å². The van der Waals surface area contributed by atoms with Gasteiger partial charge in [0.1, 0.15) is 0 Å². The van der Waals surface area contributed by atoms with Gasteiger partial charge in [-0.2, -0.15) is 0 Å². The largest absolute Gasteiger partial charge is 0.271 e. The minimum atomic E-state index is 0.122. The second kappa shape index (κ2) is 6.65. The first-order valence-corrected chi connectivity index (χ1v) is 7.53. The van der Waals surface area contributed by atoms with Crippen LogP contribution < -0.4 is 11.3 Å². The molecule has 2 aromatic carbocycles. The molecule has 0 fully saturated rings. The molecule has 0 radical (unpaired) electrons. The SMILES string of the molecule is NNC(Cc1ccccc1Br)c1ccccc1I. The Morgan fingerprint density at radius 3 is 2.44 bits per heavy atom. The summed E-state index contributed by atoms with van der Waals surface area (Å²) in [6.45, 7) is 0. The summed E-state index contributed by atoms with van der Waals surface area (Å²) in [5, 5.41) is 0. The number of rotatable bonds is 4. The van der Waals surface area contributed by atoms with Gasteiger partial charge in [0.05, 0.1) is 6.04 Å². The van der Waals surface area contributed by atoms with Crippen LogP contribution in [0.3, 0.4) is 0 Å². The van der Waals surface area contributed by atoms with Gasteiger partial charge in [0, 0.05) is 8.04 Å². The Morgan fingerprint density at radius 2 is 1.78 bits per heavy atom. The molecule has 2 rings (SSSR count). The molecule has 0 aliphatic heterocycles. The first-order chi connectivity index (χ1) is 8.72. The lowest BCUT2D eigenvalue weighted by molar-refractivity contribution is 0.549. The minimum absolute atomic E-state index is 0.122. The maximum atomic E-state index is 5.70. The molecule has 18 heavy (non-hydrogen) atoms. The summed E-state index contributed by atoms with van der Waals surface area (Å²) in [6.07, 6.45) is 0.859. The molecular formula is C14H14BrIN2. The van der Waals surface area contributed by atoms with E-state index in [2.05, 4.69) is 68.2 Å². The number of benzene rings is 2. The number of nitrogens with two attached hydrogens (primary N) is 1. The van der Waals surface area contributed by atoms with Gasteiger partial charge >= 0.3 is 0 Å². The zero-order valence-electron chi connectivity index (χ0n) is 9.74. The van der Waals surface area contributed by atoms with Crippen LogP contribution in [0, 0.1) is 3.57 Å². The molecule has 4 heteroatoms. The molecule has 2 aromatic rings. The lowest BCUT2D eigenvalue weighted by Gasteiger charge is -2.18. The smallest absolute Gasteiger partial charge is 0.0511 e. The normalized spacial score (nSPS) is 12.4. The Morgan fingerprint density at radius 1 is 1.11 bits per heavy atom. The van der Waals surface area contributed by atoms with Crippen molar-refractivity contribution in [2.75, 3.05) is 0 Å². The van der Waals surface area contributed by atoms with Crippen LogP contribution in [0.2, 0.25) is 0 Å². The van der Waals surface area contributed by atoms with E-state index in [1.165, 1.54) is 14.7 Å². The Hall–Kier alpha value is -0.430. The quantitative estimate of drug-likeness (QED) is 0.452. The van der Waals surface area contributed by atoms with Crippen LogP contribution in [0.5, 0.6) is 0 Å². The van der Waals surface area contributed by atoms with Gasteiger partial charge in [0.15, 0.2) is 0 Å². The van der Waals surface area contributed by atoms with E-state index in [-0.39, 0.29) is 6.04 Å². The van der Waals surface area contributed by atoms with Crippen molar-refractivity contribution in [2.45, 2.75) is 12.5 Å². The number of hydrogen-bond donors (Lipinski definition) is 2. The third-order valence-electron chi connectivity index (χ3n) is 2.86. The Labute approximate surface area is 129 Å². The van der Waals surface area contributed by atoms with Crippen LogP contribution in [0.4, 0.5) is 0 Å². The van der Waals surface area contributed by atoms with Crippen molar-refractivity contribution in [3.8, 4) is 0 Å². The highest BCUT2D eigenvalue weighted by Gasteiger charge is 2.14. The summed E-state index contributed by atoms with van der Waals surface area (Å²) in [6, 6.07) is 16.6. The molecule has 1 atom stereocenters. The molecule has 0 heterocycles. The average molecular weight is 417 g/mol. The summed E-state index contributed by atoms with van der Waals surface area (Å²) in [7, 11) is 0. The van der Waals surface area contributed by atoms with Crippen molar-refractivity contribution in [3.63, 3.8) is 0 Å². The Kier molecular flexibility index (Phi) is 5.17. The summed E-state index contributed by atoms with van der Waals surface area (Å²) in [5.41, 5.74) is 5.39. The van der Waals surface area contributed by atoms with Gasteiger partial charge in [-0.3, -0.25) is 11.3 Å². The molecular weight excluding hydrogens is 403 g/mol. The molecule has 3 N–H and O–H groups in total. The van der Waals surface area contributed by atoms with Crippen LogP contribution in [-0.2, 0) is 6.42 Å². The fourth-order valence-electron chi connectivity index (χ4n) is 1.90. The van der Waals surface area contributed by atoms with Gasteiger partial charge in [0.2, 0.25) is 0 Å². The fraction of sp³-hybridized carbons (Fsp3) is 0.143.